The number of amides is 2. The van der Waals surface area contributed by atoms with Gasteiger partial charge in [-0.15, -0.1) is 0 Å². The minimum absolute atomic E-state index is 0.166. The summed E-state index contributed by atoms with van der Waals surface area (Å²) in [4.78, 5) is 25.1. The number of hydrogen-bond acceptors (Lipinski definition) is 4. The molecule has 2 fully saturated rings. The first-order chi connectivity index (χ1) is 10.6. The van der Waals surface area contributed by atoms with Crippen molar-refractivity contribution in [2.75, 3.05) is 0 Å². The van der Waals surface area contributed by atoms with Gasteiger partial charge in [0.05, 0.1) is 18.1 Å². The zero-order chi connectivity index (χ0) is 15.3. The van der Waals surface area contributed by atoms with Crippen LogP contribution in [0.1, 0.15) is 18.4 Å². The lowest BCUT2D eigenvalue weighted by Gasteiger charge is -2.37. The lowest BCUT2D eigenvalue weighted by Crippen LogP contribution is -2.38. The van der Waals surface area contributed by atoms with E-state index in [0.29, 0.717) is 0 Å². The smallest absolute Gasteiger partial charge is 0.254 e. The molecule has 0 aromatic heterocycles. The second kappa shape index (κ2) is 4.80. The Morgan fingerprint density at radius 2 is 1.55 bits per heavy atom. The molecule has 5 rings (SSSR count). The summed E-state index contributed by atoms with van der Waals surface area (Å²) in [6, 6.07) is 6.45. The largest absolute Gasteiger partial charge is 0.508 e. The molecule has 1 aromatic carbocycles. The number of carbonyl (C=O) groups excluding carboxylic acids is 2. The predicted molar refractivity (Wildman–Crippen MR) is 79.9 cm³/mol. The molecule has 1 aromatic rings. The summed E-state index contributed by atoms with van der Waals surface area (Å²) in [6.07, 6.45) is 7.64. The summed E-state index contributed by atoms with van der Waals surface area (Å²) in [5.74, 6) is -0.283. The van der Waals surface area contributed by atoms with Gasteiger partial charge in [0, 0.05) is 0 Å². The molecule has 3 aliphatic carbocycles. The number of phenolic OH excluding ortho intramolecular Hbond substituents is 1. The Labute approximate surface area is 127 Å². The fraction of sp³-hybridized carbons (Fsp3) is 0.353. The van der Waals surface area contributed by atoms with Gasteiger partial charge in [-0.05, 0) is 54.5 Å². The summed E-state index contributed by atoms with van der Waals surface area (Å²) < 4.78 is 0. The average Bonchev–Trinajstić information content (AvgIpc) is 2.82. The van der Waals surface area contributed by atoms with Crippen LogP contribution in [-0.4, -0.2) is 28.1 Å². The maximum atomic E-state index is 12.5. The molecular formula is C17H16N2O3. The standard InChI is InChI=1S/C17H16N2O3/c20-13-7-1-10(2-8-13)9-18-19-16(21)14-11-3-4-12(6-5-11)15(14)17(19)22/h1-4,7-9,11-12,14-15,20H,5-6H2/b18-9-/t11-,12+,14-,15-/m0/s1. The summed E-state index contributed by atoms with van der Waals surface area (Å²) in [5, 5.41) is 14.4. The van der Waals surface area contributed by atoms with Gasteiger partial charge in [-0.25, -0.2) is 0 Å². The van der Waals surface area contributed by atoms with Gasteiger partial charge >= 0.3 is 0 Å². The minimum atomic E-state index is -0.229. The van der Waals surface area contributed by atoms with Crippen molar-refractivity contribution in [2.45, 2.75) is 12.8 Å². The molecule has 0 unspecified atom stereocenters. The Morgan fingerprint density at radius 1 is 1.00 bits per heavy atom. The molecule has 4 atom stereocenters. The van der Waals surface area contributed by atoms with E-state index in [2.05, 4.69) is 17.3 Å². The summed E-state index contributed by atoms with van der Waals surface area (Å²) in [6.45, 7) is 0. The van der Waals surface area contributed by atoms with E-state index in [1.54, 1.807) is 24.3 Å². The zero-order valence-corrected chi connectivity index (χ0v) is 11.9. The summed E-state index contributed by atoms with van der Waals surface area (Å²) in [7, 11) is 0. The van der Waals surface area contributed by atoms with Gasteiger partial charge in [0.15, 0.2) is 0 Å². The SMILES string of the molecule is O=C1[C@@H]2[C@@H](C(=O)N1/N=C\c1ccc(O)cc1)[C@H]1C=C[C@@H]2CC1. The van der Waals surface area contributed by atoms with Crippen LogP contribution in [0.5, 0.6) is 5.75 Å². The van der Waals surface area contributed by atoms with Crippen molar-refractivity contribution in [1.82, 2.24) is 5.01 Å². The van der Waals surface area contributed by atoms with Crippen LogP contribution in [0, 0.1) is 23.7 Å². The number of fused-ring (bicyclic) bond motifs is 1. The molecule has 2 amide bonds. The molecule has 22 heavy (non-hydrogen) atoms. The highest BCUT2D eigenvalue weighted by Crippen LogP contribution is 2.49. The van der Waals surface area contributed by atoms with Crippen molar-refractivity contribution < 1.29 is 14.7 Å². The highest BCUT2D eigenvalue weighted by atomic mass is 16.3. The molecule has 5 nitrogen and oxygen atoms in total. The molecule has 1 N–H and O–H groups in total. The van der Waals surface area contributed by atoms with Crippen molar-refractivity contribution in [3.8, 4) is 5.75 Å². The van der Waals surface area contributed by atoms with E-state index >= 15 is 0 Å². The van der Waals surface area contributed by atoms with E-state index in [0.717, 1.165) is 23.4 Å². The van der Waals surface area contributed by atoms with Gasteiger partial charge in [-0.3, -0.25) is 9.59 Å². The monoisotopic (exact) mass is 296 g/mol. The second-order valence-corrected chi connectivity index (χ2v) is 6.17. The number of carbonyl (C=O) groups is 2. The molecule has 0 radical (unpaired) electrons. The third-order valence-corrected chi connectivity index (χ3v) is 4.95. The van der Waals surface area contributed by atoms with Crippen molar-refractivity contribution in [3.63, 3.8) is 0 Å². The first-order valence-electron chi connectivity index (χ1n) is 7.54. The number of hydrogen-bond donors (Lipinski definition) is 1. The fourth-order valence-corrected chi connectivity index (χ4v) is 3.86. The Bertz CT molecular complexity index is 660. The van der Waals surface area contributed by atoms with Crippen molar-refractivity contribution in [3.05, 3.63) is 42.0 Å². The number of phenols is 1. The number of nitrogens with zero attached hydrogens (tertiary/aromatic N) is 2. The maximum Gasteiger partial charge on any atom is 0.254 e. The quantitative estimate of drug-likeness (QED) is 0.515. The zero-order valence-electron chi connectivity index (χ0n) is 11.9. The van der Waals surface area contributed by atoms with E-state index in [4.69, 9.17) is 0 Å². The number of rotatable bonds is 2. The molecule has 1 saturated carbocycles. The summed E-state index contributed by atoms with van der Waals surface area (Å²) >= 11 is 0. The molecule has 1 heterocycles. The Morgan fingerprint density at radius 3 is 2.05 bits per heavy atom. The maximum absolute atomic E-state index is 12.5. The Kier molecular flexibility index (Phi) is 2.89. The van der Waals surface area contributed by atoms with Crippen LogP contribution in [-0.2, 0) is 9.59 Å². The lowest BCUT2D eigenvalue weighted by atomic mass is 9.63. The lowest BCUT2D eigenvalue weighted by molar-refractivity contribution is -0.140. The van der Waals surface area contributed by atoms with E-state index in [1.165, 1.54) is 6.21 Å². The highest BCUT2D eigenvalue weighted by molar-refractivity contribution is 6.06. The van der Waals surface area contributed by atoms with E-state index in [-0.39, 0.29) is 41.2 Å². The van der Waals surface area contributed by atoms with Crippen molar-refractivity contribution in [1.29, 1.82) is 0 Å². The predicted octanol–water partition coefficient (Wildman–Crippen LogP) is 1.92. The second-order valence-electron chi connectivity index (χ2n) is 6.17. The Balaban J connectivity index is 1.60. The van der Waals surface area contributed by atoms with E-state index in [9.17, 15) is 14.7 Å². The van der Waals surface area contributed by atoms with Gasteiger partial charge in [0.2, 0.25) is 0 Å². The molecule has 4 aliphatic rings. The number of aromatic hydroxyl groups is 1. The molecule has 1 aliphatic heterocycles. The first-order valence-corrected chi connectivity index (χ1v) is 7.54. The van der Waals surface area contributed by atoms with Gasteiger partial charge in [-0.2, -0.15) is 10.1 Å². The van der Waals surface area contributed by atoms with Gasteiger partial charge in [-0.1, -0.05) is 12.2 Å². The third-order valence-electron chi connectivity index (χ3n) is 4.95. The van der Waals surface area contributed by atoms with Crippen LogP contribution < -0.4 is 0 Å². The van der Waals surface area contributed by atoms with Crippen LogP contribution in [0.15, 0.2) is 41.5 Å². The third kappa shape index (κ3) is 1.89. The van der Waals surface area contributed by atoms with Gasteiger partial charge in [0.1, 0.15) is 5.75 Å². The van der Waals surface area contributed by atoms with Crippen LogP contribution in [0.4, 0.5) is 0 Å². The molecule has 0 spiro atoms. The van der Waals surface area contributed by atoms with Crippen LogP contribution in [0.3, 0.4) is 0 Å². The molecule has 5 heteroatoms. The highest BCUT2D eigenvalue weighted by Gasteiger charge is 2.56. The van der Waals surface area contributed by atoms with Crippen molar-refractivity contribution in [2.24, 2.45) is 28.8 Å². The number of hydrazone groups is 1. The molecule has 112 valence electrons. The number of benzene rings is 1. The molecule has 1 saturated heterocycles. The van der Waals surface area contributed by atoms with Gasteiger partial charge in [0.25, 0.3) is 11.8 Å². The van der Waals surface area contributed by atoms with Crippen molar-refractivity contribution >= 4 is 18.0 Å². The first kappa shape index (κ1) is 13.2. The topological polar surface area (TPSA) is 70.0 Å². The minimum Gasteiger partial charge on any atom is -0.508 e. The Hall–Kier alpha value is -2.43. The normalized spacial score (nSPS) is 33.0. The van der Waals surface area contributed by atoms with Crippen LogP contribution in [0.25, 0.3) is 0 Å². The fourth-order valence-electron chi connectivity index (χ4n) is 3.86. The molecule has 2 bridgehead atoms. The molecular weight excluding hydrogens is 280 g/mol. The average molecular weight is 296 g/mol. The van der Waals surface area contributed by atoms with E-state index < -0.39 is 0 Å². The summed E-state index contributed by atoms with van der Waals surface area (Å²) in [5.41, 5.74) is 0.731. The number of imide groups is 1. The van der Waals surface area contributed by atoms with E-state index in [1.807, 2.05) is 0 Å². The number of allylic oxidation sites excluding steroid dienone is 2. The van der Waals surface area contributed by atoms with Crippen LogP contribution in [0.2, 0.25) is 0 Å². The van der Waals surface area contributed by atoms with Gasteiger partial charge < -0.3 is 5.11 Å². The van der Waals surface area contributed by atoms with Crippen LogP contribution >= 0.6 is 0 Å².